The van der Waals surface area contributed by atoms with E-state index in [9.17, 15) is 9.59 Å². The third kappa shape index (κ3) is 3.38. The van der Waals surface area contributed by atoms with Gasteiger partial charge in [-0.1, -0.05) is 0 Å². The van der Waals surface area contributed by atoms with E-state index in [4.69, 9.17) is 5.73 Å². The predicted octanol–water partition coefficient (Wildman–Crippen LogP) is 2.20. The zero-order valence-electron chi connectivity index (χ0n) is 9.76. The van der Waals surface area contributed by atoms with Gasteiger partial charge < -0.3 is 11.1 Å². The predicted molar refractivity (Wildman–Crippen MR) is 74.9 cm³/mol. The number of nitrogens with one attached hydrogen (secondary N) is 1. The Morgan fingerprint density at radius 3 is 2.37 bits per heavy atom. The van der Waals surface area contributed by atoms with E-state index in [-0.39, 0.29) is 5.91 Å². The van der Waals surface area contributed by atoms with Crippen LogP contribution in [0.25, 0.3) is 0 Å². The van der Waals surface area contributed by atoms with Crippen LogP contribution in [0.3, 0.4) is 0 Å². The van der Waals surface area contributed by atoms with Gasteiger partial charge in [0.2, 0.25) is 5.91 Å². The number of aromatic nitrogens is 1. The molecular weight excluding hydrogens is 310 g/mol. The van der Waals surface area contributed by atoms with Crippen LogP contribution in [0.2, 0.25) is 0 Å². The molecule has 2 aromatic rings. The molecule has 3 N–H and O–H groups in total. The largest absolute Gasteiger partial charge is 0.366 e. The van der Waals surface area contributed by atoms with E-state index in [0.717, 1.165) is 0 Å². The molecule has 0 aliphatic heterocycles. The fourth-order valence-corrected chi connectivity index (χ4v) is 1.83. The second-order valence-electron chi connectivity index (χ2n) is 3.76. The summed E-state index contributed by atoms with van der Waals surface area (Å²) in [7, 11) is 0. The number of halogens is 1. The third-order valence-corrected chi connectivity index (χ3v) is 2.85. The Hall–Kier alpha value is -2.21. The van der Waals surface area contributed by atoms with Gasteiger partial charge in [-0.15, -0.1) is 0 Å². The first kappa shape index (κ1) is 13.2. The van der Waals surface area contributed by atoms with E-state index in [1.54, 1.807) is 36.4 Å². The monoisotopic (exact) mass is 319 g/mol. The minimum absolute atomic E-state index is 0.255. The van der Waals surface area contributed by atoms with E-state index < -0.39 is 5.91 Å². The van der Waals surface area contributed by atoms with Crippen molar-refractivity contribution in [2.75, 3.05) is 5.32 Å². The number of hydrogen-bond donors (Lipinski definition) is 2. The van der Waals surface area contributed by atoms with E-state index in [1.165, 1.54) is 6.20 Å². The normalized spacial score (nSPS) is 9.95. The zero-order chi connectivity index (χ0) is 13.8. The van der Waals surface area contributed by atoms with Crippen LogP contribution in [0.4, 0.5) is 5.69 Å². The first-order valence-corrected chi connectivity index (χ1v) is 6.18. The topological polar surface area (TPSA) is 85.1 Å². The van der Waals surface area contributed by atoms with Crippen molar-refractivity contribution in [2.24, 2.45) is 5.73 Å². The highest BCUT2D eigenvalue weighted by Gasteiger charge is 2.07. The number of hydrogen-bond acceptors (Lipinski definition) is 3. The van der Waals surface area contributed by atoms with Gasteiger partial charge in [0, 0.05) is 23.0 Å². The average molecular weight is 320 g/mol. The first-order chi connectivity index (χ1) is 9.06. The number of carbonyl (C=O) groups is 2. The number of rotatable bonds is 3. The molecule has 0 saturated carbocycles. The molecule has 0 radical (unpaired) electrons. The van der Waals surface area contributed by atoms with Crippen molar-refractivity contribution in [1.82, 2.24) is 4.98 Å². The quantitative estimate of drug-likeness (QED) is 0.850. The van der Waals surface area contributed by atoms with Gasteiger partial charge in [-0.3, -0.25) is 9.59 Å². The van der Waals surface area contributed by atoms with Crippen LogP contribution in [-0.2, 0) is 0 Å². The van der Waals surface area contributed by atoms with E-state index in [0.29, 0.717) is 21.4 Å². The summed E-state index contributed by atoms with van der Waals surface area (Å²) in [4.78, 5) is 26.8. The number of nitrogens with zero attached hydrogens (tertiary/aromatic N) is 1. The maximum Gasteiger partial charge on any atom is 0.255 e. The number of nitrogens with two attached hydrogens (primary N) is 1. The van der Waals surface area contributed by atoms with Gasteiger partial charge in [-0.2, -0.15) is 0 Å². The number of benzene rings is 1. The van der Waals surface area contributed by atoms with Crippen LogP contribution < -0.4 is 11.1 Å². The zero-order valence-corrected chi connectivity index (χ0v) is 11.3. The number of amides is 2. The standard InChI is InChI=1S/C13H10BrN3O2/c14-11-7-9(5-6-16-11)13(19)17-10-3-1-8(2-4-10)12(15)18/h1-7H,(H2,15,18)(H,17,19). The van der Waals surface area contributed by atoms with Crippen LogP contribution in [0.15, 0.2) is 47.2 Å². The Labute approximate surface area is 118 Å². The third-order valence-electron chi connectivity index (χ3n) is 2.42. The summed E-state index contributed by atoms with van der Waals surface area (Å²) >= 11 is 3.20. The maximum atomic E-state index is 11.9. The van der Waals surface area contributed by atoms with Gasteiger partial charge >= 0.3 is 0 Å². The van der Waals surface area contributed by atoms with Crippen LogP contribution in [0, 0.1) is 0 Å². The van der Waals surface area contributed by atoms with Crippen molar-refractivity contribution in [1.29, 1.82) is 0 Å². The molecule has 0 atom stereocenters. The summed E-state index contributed by atoms with van der Waals surface area (Å²) in [6, 6.07) is 9.58. The second-order valence-corrected chi connectivity index (χ2v) is 4.58. The molecule has 0 aliphatic carbocycles. The van der Waals surface area contributed by atoms with Crippen molar-refractivity contribution in [3.8, 4) is 0 Å². The smallest absolute Gasteiger partial charge is 0.255 e. The number of anilines is 1. The highest BCUT2D eigenvalue weighted by Crippen LogP contribution is 2.13. The lowest BCUT2D eigenvalue weighted by Gasteiger charge is -2.05. The lowest BCUT2D eigenvalue weighted by Crippen LogP contribution is -2.13. The molecule has 1 aromatic carbocycles. The van der Waals surface area contributed by atoms with Gasteiger partial charge in [-0.25, -0.2) is 4.98 Å². The van der Waals surface area contributed by atoms with Gasteiger partial charge in [0.05, 0.1) is 0 Å². The summed E-state index contributed by atoms with van der Waals surface area (Å²) in [6.45, 7) is 0. The minimum atomic E-state index is -0.504. The molecule has 5 nitrogen and oxygen atoms in total. The lowest BCUT2D eigenvalue weighted by atomic mass is 10.2. The molecule has 1 aromatic heterocycles. The van der Waals surface area contributed by atoms with Crippen molar-refractivity contribution < 1.29 is 9.59 Å². The maximum absolute atomic E-state index is 11.9. The molecule has 0 spiro atoms. The molecule has 0 unspecified atom stereocenters. The summed E-state index contributed by atoms with van der Waals surface area (Å²) < 4.78 is 0.587. The summed E-state index contributed by atoms with van der Waals surface area (Å²) in [6.07, 6.45) is 1.54. The van der Waals surface area contributed by atoms with Crippen LogP contribution >= 0.6 is 15.9 Å². The summed E-state index contributed by atoms with van der Waals surface area (Å²) in [5.41, 5.74) is 6.60. The molecule has 1 heterocycles. The summed E-state index contributed by atoms with van der Waals surface area (Å²) in [5, 5.41) is 2.71. The summed E-state index contributed by atoms with van der Waals surface area (Å²) in [5.74, 6) is -0.758. The minimum Gasteiger partial charge on any atom is -0.366 e. The number of primary amides is 1. The second kappa shape index (κ2) is 5.62. The van der Waals surface area contributed by atoms with Gasteiger partial charge in [0.25, 0.3) is 5.91 Å². The molecule has 0 saturated heterocycles. The van der Waals surface area contributed by atoms with Gasteiger partial charge in [0.1, 0.15) is 4.60 Å². The SMILES string of the molecule is NC(=O)c1ccc(NC(=O)c2ccnc(Br)c2)cc1. The Balaban J connectivity index is 2.13. The van der Waals surface area contributed by atoms with Crippen molar-refractivity contribution in [3.05, 3.63) is 58.3 Å². The van der Waals surface area contributed by atoms with Crippen molar-refractivity contribution in [2.45, 2.75) is 0 Å². The number of pyridine rings is 1. The fourth-order valence-electron chi connectivity index (χ4n) is 1.46. The lowest BCUT2D eigenvalue weighted by molar-refractivity contribution is 0.0998. The van der Waals surface area contributed by atoms with Crippen LogP contribution in [0.1, 0.15) is 20.7 Å². The van der Waals surface area contributed by atoms with E-state index >= 15 is 0 Å². The van der Waals surface area contributed by atoms with Crippen LogP contribution in [-0.4, -0.2) is 16.8 Å². The molecule has 0 fully saturated rings. The van der Waals surface area contributed by atoms with Crippen LogP contribution in [0.5, 0.6) is 0 Å². The molecule has 0 aliphatic rings. The molecule has 0 bridgehead atoms. The highest BCUT2D eigenvalue weighted by atomic mass is 79.9. The Morgan fingerprint density at radius 1 is 1.11 bits per heavy atom. The highest BCUT2D eigenvalue weighted by molar-refractivity contribution is 9.10. The molecule has 6 heteroatoms. The average Bonchev–Trinajstić information content (AvgIpc) is 2.39. The Morgan fingerprint density at radius 2 is 1.79 bits per heavy atom. The number of carbonyl (C=O) groups excluding carboxylic acids is 2. The Bertz CT molecular complexity index is 626. The van der Waals surface area contributed by atoms with Gasteiger partial charge in [-0.05, 0) is 52.3 Å². The molecule has 2 amide bonds. The fraction of sp³-hybridized carbons (Fsp3) is 0. The van der Waals surface area contributed by atoms with Gasteiger partial charge in [0.15, 0.2) is 0 Å². The molecule has 2 rings (SSSR count). The molecular formula is C13H10BrN3O2. The van der Waals surface area contributed by atoms with Crippen molar-refractivity contribution >= 4 is 33.4 Å². The first-order valence-electron chi connectivity index (χ1n) is 5.39. The van der Waals surface area contributed by atoms with E-state index in [2.05, 4.69) is 26.2 Å². The van der Waals surface area contributed by atoms with Crippen molar-refractivity contribution in [3.63, 3.8) is 0 Å². The molecule has 19 heavy (non-hydrogen) atoms. The Kier molecular flexibility index (Phi) is 3.91. The molecule has 96 valence electrons. The van der Waals surface area contributed by atoms with E-state index in [1.807, 2.05) is 0 Å².